The van der Waals surface area contributed by atoms with E-state index in [1.165, 1.54) is 18.2 Å². The number of alkyl carbamates (subject to hydrolysis) is 1. The standard InChI is InChI=1S/C29H38F3N3O6/c1-16-11-20-19(22(36)12-16)14-21(17-9-8-10-18(13-17)29(30,31)32)35(34-20)24(39)28(15-23(37)38,26(2,3)4)33-25(40)41-27(5,6)7/h8-10,13-14,16,19,22,36H,11-12,15H2,1-7H3,(H,33,40)(H,37,38)/t16?,19?,22?,28-/m0/s1. The first-order valence-electron chi connectivity index (χ1n) is 13.4. The third-order valence-corrected chi connectivity index (χ3v) is 7.25. The van der Waals surface area contributed by atoms with E-state index in [2.05, 4.69) is 10.4 Å². The van der Waals surface area contributed by atoms with Gasteiger partial charge in [0.1, 0.15) is 11.1 Å². The van der Waals surface area contributed by atoms with Gasteiger partial charge in [-0.3, -0.25) is 9.59 Å². The van der Waals surface area contributed by atoms with Crippen molar-refractivity contribution in [3.63, 3.8) is 0 Å². The molecular weight excluding hydrogens is 543 g/mol. The second-order valence-electron chi connectivity index (χ2n) is 12.8. The van der Waals surface area contributed by atoms with Crippen molar-refractivity contribution in [1.29, 1.82) is 0 Å². The number of benzene rings is 1. The van der Waals surface area contributed by atoms with Crippen molar-refractivity contribution in [3.05, 3.63) is 41.5 Å². The summed E-state index contributed by atoms with van der Waals surface area (Å²) in [5, 5.41) is 28.6. The van der Waals surface area contributed by atoms with Crippen LogP contribution < -0.4 is 5.32 Å². The number of aliphatic hydroxyl groups excluding tert-OH is 1. The van der Waals surface area contributed by atoms with Crippen LogP contribution in [0.3, 0.4) is 0 Å². The Balaban J connectivity index is 2.24. The van der Waals surface area contributed by atoms with Gasteiger partial charge in [0.2, 0.25) is 0 Å². The van der Waals surface area contributed by atoms with E-state index in [0.717, 1.165) is 17.1 Å². The van der Waals surface area contributed by atoms with Crippen LogP contribution in [0.1, 0.15) is 78.9 Å². The largest absolute Gasteiger partial charge is 0.481 e. The fourth-order valence-electron chi connectivity index (χ4n) is 5.16. The number of fused-ring (bicyclic) bond motifs is 1. The van der Waals surface area contributed by atoms with Gasteiger partial charge in [-0.05, 0) is 63.2 Å². The minimum absolute atomic E-state index is 0.00624. The number of nitrogens with one attached hydrogen (secondary N) is 1. The van der Waals surface area contributed by atoms with Crippen LogP contribution in [-0.4, -0.2) is 56.1 Å². The highest BCUT2D eigenvalue weighted by atomic mass is 19.4. The molecule has 2 aliphatic rings. The molecule has 41 heavy (non-hydrogen) atoms. The van der Waals surface area contributed by atoms with Crippen LogP contribution in [0.4, 0.5) is 18.0 Å². The minimum atomic E-state index is -4.68. The number of hydrogen-bond donors (Lipinski definition) is 3. The van der Waals surface area contributed by atoms with Gasteiger partial charge in [0.25, 0.3) is 5.91 Å². The first-order chi connectivity index (χ1) is 18.6. The Morgan fingerprint density at radius 3 is 2.29 bits per heavy atom. The predicted octanol–water partition coefficient (Wildman–Crippen LogP) is 5.44. The summed E-state index contributed by atoms with van der Waals surface area (Å²) in [6, 6.07) is 4.31. The fourth-order valence-corrected chi connectivity index (χ4v) is 5.16. The van der Waals surface area contributed by atoms with Crippen LogP contribution >= 0.6 is 0 Å². The van der Waals surface area contributed by atoms with Crippen LogP contribution in [0.2, 0.25) is 0 Å². The molecule has 9 nitrogen and oxygen atoms in total. The molecule has 1 heterocycles. The highest BCUT2D eigenvalue weighted by Gasteiger charge is 2.55. The molecule has 0 saturated heterocycles. The molecule has 226 valence electrons. The summed E-state index contributed by atoms with van der Waals surface area (Å²) in [6.45, 7) is 11.4. The van der Waals surface area contributed by atoms with E-state index in [1.807, 2.05) is 6.92 Å². The molecule has 1 saturated carbocycles. The number of aliphatic carboxylic acids is 1. The zero-order valence-corrected chi connectivity index (χ0v) is 24.3. The van der Waals surface area contributed by atoms with Gasteiger partial charge in [-0.1, -0.05) is 39.8 Å². The third kappa shape index (κ3) is 7.09. The average molecular weight is 582 g/mol. The SMILES string of the molecule is CC1CC2=NN(C(=O)[C@](CC(=O)O)(NC(=O)OC(C)(C)C)C(C)(C)C)C(c3cccc(C(F)(F)F)c3)=CC2C(O)C1. The van der Waals surface area contributed by atoms with Gasteiger partial charge >= 0.3 is 18.2 Å². The summed E-state index contributed by atoms with van der Waals surface area (Å²) in [7, 11) is 0. The minimum Gasteiger partial charge on any atom is -0.481 e. The molecule has 1 aliphatic heterocycles. The summed E-state index contributed by atoms with van der Waals surface area (Å²) in [5.41, 5.74) is -4.97. The highest BCUT2D eigenvalue weighted by molar-refractivity contribution is 6.03. The molecule has 1 aliphatic carbocycles. The van der Waals surface area contributed by atoms with Gasteiger partial charge in [-0.25, -0.2) is 4.79 Å². The Kier molecular flexibility index (Phi) is 8.70. The van der Waals surface area contributed by atoms with Gasteiger partial charge in [0.15, 0.2) is 0 Å². The van der Waals surface area contributed by atoms with Gasteiger partial charge in [0, 0.05) is 17.2 Å². The Morgan fingerprint density at radius 2 is 1.76 bits per heavy atom. The molecule has 3 N–H and O–H groups in total. The maximum Gasteiger partial charge on any atom is 0.416 e. The van der Waals surface area contributed by atoms with Crippen molar-refractivity contribution in [3.8, 4) is 0 Å². The second-order valence-corrected chi connectivity index (χ2v) is 12.8. The Hall–Kier alpha value is -3.41. The van der Waals surface area contributed by atoms with Crippen molar-refractivity contribution in [1.82, 2.24) is 10.3 Å². The molecule has 3 rings (SSSR count). The number of carbonyl (C=O) groups is 3. The fraction of sp³-hybridized carbons (Fsp3) is 0.586. The molecule has 1 fully saturated rings. The topological polar surface area (TPSA) is 129 Å². The zero-order valence-electron chi connectivity index (χ0n) is 24.3. The van der Waals surface area contributed by atoms with Crippen LogP contribution in [-0.2, 0) is 20.5 Å². The van der Waals surface area contributed by atoms with Crippen LogP contribution in [0.25, 0.3) is 5.70 Å². The number of carbonyl (C=O) groups excluding carboxylic acids is 2. The summed E-state index contributed by atoms with van der Waals surface area (Å²) in [5.74, 6) is -3.03. The van der Waals surface area contributed by atoms with Crippen LogP contribution in [0, 0.1) is 17.3 Å². The van der Waals surface area contributed by atoms with Crippen LogP contribution in [0.15, 0.2) is 35.4 Å². The van der Waals surface area contributed by atoms with Crippen molar-refractivity contribution in [2.75, 3.05) is 0 Å². The maximum atomic E-state index is 14.6. The average Bonchev–Trinajstić information content (AvgIpc) is 2.79. The smallest absolute Gasteiger partial charge is 0.416 e. The van der Waals surface area contributed by atoms with Crippen molar-refractivity contribution >= 4 is 29.4 Å². The normalized spacial score (nSPS) is 23.0. The van der Waals surface area contributed by atoms with Crippen LogP contribution in [0.5, 0.6) is 0 Å². The number of carboxylic acids is 1. The molecule has 12 heteroatoms. The number of hydrazone groups is 1. The summed E-state index contributed by atoms with van der Waals surface area (Å²) >= 11 is 0. The molecular formula is C29H38F3N3O6. The Labute approximate surface area is 237 Å². The third-order valence-electron chi connectivity index (χ3n) is 7.25. The molecule has 1 aromatic carbocycles. The lowest BCUT2D eigenvalue weighted by molar-refractivity contribution is -0.150. The van der Waals surface area contributed by atoms with E-state index in [1.54, 1.807) is 41.5 Å². The van der Waals surface area contributed by atoms with E-state index in [-0.39, 0.29) is 17.2 Å². The zero-order chi connectivity index (χ0) is 31.1. The lowest BCUT2D eigenvalue weighted by Gasteiger charge is -2.46. The van der Waals surface area contributed by atoms with E-state index >= 15 is 0 Å². The van der Waals surface area contributed by atoms with Crippen molar-refractivity contribution in [2.45, 2.75) is 91.1 Å². The number of carboxylic acid groups (broad SMARTS) is 1. The lowest BCUT2D eigenvalue weighted by atomic mass is 9.70. The molecule has 0 radical (unpaired) electrons. The summed E-state index contributed by atoms with van der Waals surface area (Å²) in [6.07, 6.45) is -5.15. The van der Waals surface area contributed by atoms with Crippen molar-refractivity contribution < 1.29 is 42.5 Å². The van der Waals surface area contributed by atoms with E-state index in [0.29, 0.717) is 18.6 Å². The summed E-state index contributed by atoms with van der Waals surface area (Å²) in [4.78, 5) is 39.7. The lowest BCUT2D eigenvalue weighted by Crippen LogP contribution is -2.67. The monoisotopic (exact) mass is 581 g/mol. The van der Waals surface area contributed by atoms with E-state index < -0.39 is 64.7 Å². The van der Waals surface area contributed by atoms with Crippen molar-refractivity contribution in [2.24, 2.45) is 22.4 Å². The number of hydrogen-bond acceptors (Lipinski definition) is 6. The molecule has 0 aromatic heterocycles. The number of aliphatic hydroxyl groups is 1. The molecule has 0 spiro atoms. The van der Waals surface area contributed by atoms with E-state index in [4.69, 9.17) is 4.74 Å². The molecule has 2 amide bonds. The first kappa shape index (κ1) is 32.1. The molecule has 4 atom stereocenters. The first-order valence-corrected chi connectivity index (χ1v) is 13.4. The number of alkyl halides is 3. The van der Waals surface area contributed by atoms with Gasteiger partial charge < -0.3 is 20.3 Å². The van der Waals surface area contributed by atoms with Gasteiger partial charge in [-0.15, -0.1) is 0 Å². The second kappa shape index (κ2) is 11.1. The number of rotatable bonds is 5. The Bertz CT molecular complexity index is 1260. The highest BCUT2D eigenvalue weighted by Crippen LogP contribution is 2.42. The number of halogens is 3. The van der Waals surface area contributed by atoms with E-state index in [9.17, 15) is 37.8 Å². The van der Waals surface area contributed by atoms with Gasteiger partial charge in [0.05, 0.1) is 23.8 Å². The number of nitrogens with zero attached hydrogens (tertiary/aromatic N) is 2. The van der Waals surface area contributed by atoms with Gasteiger partial charge in [-0.2, -0.15) is 23.3 Å². The number of amides is 2. The molecule has 1 aromatic rings. The number of ether oxygens (including phenoxy) is 1. The molecule has 0 bridgehead atoms. The molecule has 3 unspecified atom stereocenters. The Morgan fingerprint density at radius 1 is 1.12 bits per heavy atom. The predicted molar refractivity (Wildman–Crippen MR) is 145 cm³/mol. The maximum absolute atomic E-state index is 14.6. The quantitative estimate of drug-likeness (QED) is 0.425. The summed E-state index contributed by atoms with van der Waals surface area (Å²) < 4.78 is 46.3.